The third-order valence-electron chi connectivity index (χ3n) is 4.87. The second kappa shape index (κ2) is 6.09. The zero-order valence-electron chi connectivity index (χ0n) is 13.2. The molecule has 1 saturated carbocycles. The van der Waals surface area contributed by atoms with Gasteiger partial charge in [-0.05, 0) is 44.9 Å². The summed E-state index contributed by atoms with van der Waals surface area (Å²) in [6.45, 7) is 3.88. The summed E-state index contributed by atoms with van der Waals surface area (Å²) >= 11 is 0. The molecule has 1 saturated heterocycles. The van der Waals surface area contributed by atoms with E-state index in [1.165, 1.54) is 18.5 Å². The second-order valence-corrected chi connectivity index (χ2v) is 7.06. The van der Waals surface area contributed by atoms with E-state index in [0.717, 1.165) is 38.5 Å². The maximum Gasteiger partial charge on any atom is 0.241 e. The molecule has 0 radical (unpaired) electrons. The lowest BCUT2D eigenvalue weighted by Crippen LogP contribution is -2.63. The standard InChI is InChI=1S/C17H28N2O2/c1-2-10-17(21)12-18(13-17)11-16(20)19(15-8-9-15)14-6-4-3-5-7-14/h6,15,21H,2-5,7-13H2,1H3. The van der Waals surface area contributed by atoms with Gasteiger partial charge in [0.2, 0.25) is 5.91 Å². The van der Waals surface area contributed by atoms with Crippen LogP contribution in [0.25, 0.3) is 0 Å². The van der Waals surface area contributed by atoms with Gasteiger partial charge in [-0.2, -0.15) is 0 Å². The highest BCUT2D eigenvalue weighted by Gasteiger charge is 2.42. The lowest BCUT2D eigenvalue weighted by molar-refractivity contribution is -0.141. The van der Waals surface area contributed by atoms with Crippen LogP contribution in [0.5, 0.6) is 0 Å². The molecule has 0 spiro atoms. The molecule has 21 heavy (non-hydrogen) atoms. The lowest BCUT2D eigenvalue weighted by Gasteiger charge is -2.46. The number of carbonyl (C=O) groups is 1. The first kappa shape index (κ1) is 15.0. The van der Waals surface area contributed by atoms with Crippen LogP contribution in [0.2, 0.25) is 0 Å². The van der Waals surface area contributed by atoms with Gasteiger partial charge in [-0.1, -0.05) is 19.4 Å². The molecule has 3 rings (SSSR count). The minimum atomic E-state index is -0.538. The molecule has 1 aliphatic heterocycles. The number of likely N-dealkylation sites (tertiary alicyclic amines) is 1. The third-order valence-corrected chi connectivity index (χ3v) is 4.87. The Morgan fingerprint density at radius 1 is 1.43 bits per heavy atom. The molecule has 0 aromatic heterocycles. The number of β-amino-alcohol motifs (C(OH)–C–C–N with tert-alkyl or cyclic N) is 1. The summed E-state index contributed by atoms with van der Waals surface area (Å²) in [7, 11) is 0. The van der Waals surface area contributed by atoms with E-state index in [1.54, 1.807) is 0 Å². The van der Waals surface area contributed by atoms with Crippen LogP contribution >= 0.6 is 0 Å². The summed E-state index contributed by atoms with van der Waals surface area (Å²) in [5, 5.41) is 10.2. The van der Waals surface area contributed by atoms with Crippen molar-refractivity contribution in [2.45, 2.75) is 69.9 Å². The number of nitrogens with zero attached hydrogens (tertiary/aromatic N) is 2. The molecule has 3 aliphatic rings. The molecule has 0 unspecified atom stereocenters. The summed E-state index contributed by atoms with van der Waals surface area (Å²) < 4.78 is 0. The molecule has 1 N–H and O–H groups in total. The number of aliphatic hydroxyl groups is 1. The van der Waals surface area contributed by atoms with Crippen molar-refractivity contribution < 1.29 is 9.90 Å². The molecule has 2 fully saturated rings. The summed E-state index contributed by atoms with van der Waals surface area (Å²) in [5.74, 6) is 0.240. The average Bonchev–Trinajstić information content (AvgIpc) is 3.23. The summed E-state index contributed by atoms with van der Waals surface area (Å²) in [6, 6.07) is 0.456. The van der Waals surface area contributed by atoms with Crippen molar-refractivity contribution in [3.05, 3.63) is 11.8 Å². The highest BCUT2D eigenvalue weighted by molar-refractivity contribution is 5.81. The van der Waals surface area contributed by atoms with Gasteiger partial charge in [0.15, 0.2) is 0 Å². The van der Waals surface area contributed by atoms with Gasteiger partial charge in [-0.25, -0.2) is 0 Å². The SMILES string of the molecule is CCCC1(O)CN(CC(=O)N(C2=CCCCC2)C2CC2)C1. The Hall–Kier alpha value is -0.870. The highest BCUT2D eigenvalue weighted by Crippen LogP contribution is 2.34. The topological polar surface area (TPSA) is 43.8 Å². The summed E-state index contributed by atoms with van der Waals surface area (Å²) in [5.41, 5.74) is 0.724. The smallest absolute Gasteiger partial charge is 0.241 e. The second-order valence-electron chi connectivity index (χ2n) is 7.06. The van der Waals surface area contributed by atoms with E-state index in [0.29, 0.717) is 25.7 Å². The predicted molar refractivity (Wildman–Crippen MR) is 82.7 cm³/mol. The van der Waals surface area contributed by atoms with Crippen LogP contribution in [0.1, 0.15) is 58.3 Å². The van der Waals surface area contributed by atoms with Crippen molar-refractivity contribution >= 4 is 5.91 Å². The van der Waals surface area contributed by atoms with Gasteiger partial charge in [0.05, 0.1) is 12.1 Å². The van der Waals surface area contributed by atoms with Crippen molar-refractivity contribution in [3.8, 4) is 0 Å². The number of rotatable bonds is 6. The lowest BCUT2D eigenvalue weighted by atomic mass is 9.89. The van der Waals surface area contributed by atoms with Crippen LogP contribution in [0, 0.1) is 0 Å². The summed E-state index contributed by atoms with van der Waals surface area (Å²) in [4.78, 5) is 16.8. The molecule has 0 aromatic carbocycles. The number of allylic oxidation sites excluding steroid dienone is 2. The van der Waals surface area contributed by atoms with Gasteiger partial charge < -0.3 is 10.0 Å². The fourth-order valence-corrected chi connectivity index (χ4v) is 3.76. The Morgan fingerprint density at radius 2 is 2.19 bits per heavy atom. The van der Waals surface area contributed by atoms with Crippen molar-refractivity contribution in [2.75, 3.05) is 19.6 Å². The van der Waals surface area contributed by atoms with Crippen LogP contribution in [0.3, 0.4) is 0 Å². The maximum absolute atomic E-state index is 12.7. The third kappa shape index (κ3) is 3.49. The number of carbonyl (C=O) groups excluding carboxylic acids is 1. The first-order valence-corrected chi connectivity index (χ1v) is 8.57. The summed E-state index contributed by atoms with van der Waals surface area (Å²) in [6.07, 6.45) is 11.1. The predicted octanol–water partition coefficient (Wildman–Crippen LogP) is 2.28. The molecule has 2 aliphatic carbocycles. The van der Waals surface area contributed by atoms with E-state index in [1.807, 2.05) is 0 Å². The van der Waals surface area contributed by atoms with Crippen LogP contribution in [-0.2, 0) is 4.79 Å². The monoisotopic (exact) mass is 292 g/mol. The number of hydrogen-bond acceptors (Lipinski definition) is 3. The first-order valence-electron chi connectivity index (χ1n) is 8.57. The van der Waals surface area contributed by atoms with E-state index in [2.05, 4.69) is 22.8 Å². The van der Waals surface area contributed by atoms with Gasteiger partial charge >= 0.3 is 0 Å². The maximum atomic E-state index is 12.7. The van der Waals surface area contributed by atoms with E-state index in [4.69, 9.17) is 0 Å². The fourth-order valence-electron chi connectivity index (χ4n) is 3.76. The van der Waals surface area contributed by atoms with E-state index in [9.17, 15) is 9.90 Å². The molecule has 0 bridgehead atoms. The van der Waals surface area contributed by atoms with Gasteiger partial charge in [0, 0.05) is 24.8 Å². The highest BCUT2D eigenvalue weighted by atomic mass is 16.3. The Kier molecular flexibility index (Phi) is 4.36. The number of hydrogen-bond donors (Lipinski definition) is 1. The van der Waals surface area contributed by atoms with Crippen LogP contribution in [-0.4, -0.2) is 52.1 Å². The zero-order valence-corrected chi connectivity index (χ0v) is 13.2. The molecule has 4 heteroatoms. The van der Waals surface area contributed by atoms with Crippen LogP contribution in [0.15, 0.2) is 11.8 Å². The molecule has 1 amide bonds. The minimum absolute atomic E-state index is 0.240. The fraction of sp³-hybridized carbons (Fsp3) is 0.824. The molecule has 0 aromatic rings. The molecular weight excluding hydrogens is 264 g/mol. The zero-order chi connectivity index (χ0) is 14.9. The van der Waals surface area contributed by atoms with Crippen LogP contribution < -0.4 is 0 Å². The van der Waals surface area contributed by atoms with Gasteiger partial charge in [0.25, 0.3) is 0 Å². The molecular formula is C17H28N2O2. The van der Waals surface area contributed by atoms with Gasteiger partial charge in [-0.3, -0.25) is 9.69 Å². The Balaban J connectivity index is 1.55. The van der Waals surface area contributed by atoms with Crippen molar-refractivity contribution in [1.29, 1.82) is 0 Å². The first-order chi connectivity index (χ1) is 10.1. The van der Waals surface area contributed by atoms with Crippen molar-refractivity contribution in [3.63, 3.8) is 0 Å². The number of amides is 1. The Bertz CT molecular complexity index is 423. The van der Waals surface area contributed by atoms with E-state index in [-0.39, 0.29) is 5.91 Å². The average molecular weight is 292 g/mol. The van der Waals surface area contributed by atoms with Gasteiger partial charge in [0.1, 0.15) is 0 Å². The molecule has 0 atom stereocenters. The van der Waals surface area contributed by atoms with Gasteiger partial charge in [-0.15, -0.1) is 0 Å². The van der Waals surface area contributed by atoms with Crippen LogP contribution in [0.4, 0.5) is 0 Å². The largest absolute Gasteiger partial charge is 0.387 e. The Labute approximate surface area is 127 Å². The molecule has 1 heterocycles. The normalized spacial score (nSPS) is 25.1. The minimum Gasteiger partial charge on any atom is -0.387 e. The van der Waals surface area contributed by atoms with Crippen molar-refractivity contribution in [2.24, 2.45) is 0 Å². The van der Waals surface area contributed by atoms with Crippen molar-refractivity contribution in [1.82, 2.24) is 9.80 Å². The molecule has 4 nitrogen and oxygen atoms in total. The molecule has 118 valence electrons. The quantitative estimate of drug-likeness (QED) is 0.817. The van der Waals surface area contributed by atoms with E-state index >= 15 is 0 Å². The van der Waals surface area contributed by atoms with E-state index < -0.39 is 5.60 Å². The Morgan fingerprint density at radius 3 is 2.76 bits per heavy atom.